The molecule has 1 aromatic heterocycles. The van der Waals surface area contributed by atoms with Crippen LogP contribution in [0.1, 0.15) is 16.4 Å². The third-order valence-electron chi connectivity index (χ3n) is 7.06. The number of carbonyl (C=O) groups excluding carboxylic acids is 3. The number of nitrogens with zero attached hydrogens (tertiary/aromatic N) is 2. The van der Waals surface area contributed by atoms with Crippen LogP contribution in [0.4, 0.5) is 11.4 Å². The maximum absolute atomic E-state index is 13.9. The van der Waals surface area contributed by atoms with E-state index in [-0.39, 0.29) is 23.3 Å². The van der Waals surface area contributed by atoms with Gasteiger partial charge in [0.05, 0.1) is 21.5 Å². The zero-order valence-electron chi connectivity index (χ0n) is 21.5. The van der Waals surface area contributed by atoms with Crippen molar-refractivity contribution in [1.82, 2.24) is 4.57 Å². The number of sulfonamides is 1. The number of thiazole rings is 1. The Morgan fingerprint density at radius 1 is 0.929 bits per heavy atom. The number of imide groups is 1. The maximum Gasteiger partial charge on any atom is 0.308 e. The molecule has 14 heteroatoms. The van der Waals surface area contributed by atoms with Crippen molar-refractivity contribution in [3.8, 4) is 0 Å². The molecular weight excluding hydrogens is 664 g/mol. The van der Waals surface area contributed by atoms with Crippen LogP contribution in [0.3, 0.4) is 0 Å². The van der Waals surface area contributed by atoms with Gasteiger partial charge in [0.15, 0.2) is 0 Å². The Morgan fingerprint density at radius 2 is 1.60 bits per heavy atom. The minimum atomic E-state index is -3.89. The number of amides is 3. The molecule has 1 saturated heterocycles. The number of benzene rings is 3. The van der Waals surface area contributed by atoms with Crippen LogP contribution in [0, 0.1) is 5.92 Å². The zero-order chi connectivity index (χ0) is 29.8. The molecule has 0 aliphatic carbocycles. The van der Waals surface area contributed by atoms with Crippen molar-refractivity contribution < 1.29 is 22.8 Å². The zero-order valence-corrected chi connectivity index (χ0v) is 25.5. The van der Waals surface area contributed by atoms with Crippen molar-refractivity contribution in [2.45, 2.75) is 27.6 Å². The number of hydrogen-bond acceptors (Lipinski definition) is 8. The fourth-order valence-electron chi connectivity index (χ4n) is 5.19. The van der Waals surface area contributed by atoms with E-state index in [1.54, 1.807) is 24.3 Å². The molecule has 1 fully saturated rings. The van der Waals surface area contributed by atoms with Crippen LogP contribution in [0.5, 0.6) is 0 Å². The van der Waals surface area contributed by atoms with Gasteiger partial charge in [-0.05, 0) is 54.1 Å². The fraction of sp³-hybridized carbons (Fsp3) is 0.143. The van der Waals surface area contributed by atoms with Gasteiger partial charge in [-0.2, -0.15) is 0 Å². The van der Waals surface area contributed by atoms with E-state index >= 15 is 0 Å². The van der Waals surface area contributed by atoms with Gasteiger partial charge >= 0.3 is 4.87 Å². The largest absolute Gasteiger partial charge is 0.325 e. The lowest BCUT2D eigenvalue weighted by molar-refractivity contribution is -0.122. The highest BCUT2D eigenvalue weighted by molar-refractivity contribution is 9.10. The number of aromatic nitrogens is 1. The summed E-state index contributed by atoms with van der Waals surface area (Å²) in [6.07, 6.45) is 0. The van der Waals surface area contributed by atoms with E-state index in [1.165, 1.54) is 33.7 Å². The molecule has 0 unspecified atom stereocenters. The van der Waals surface area contributed by atoms with Crippen LogP contribution in [0.15, 0.2) is 98.1 Å². The third-order valence-corrected chi connectivity index (χ3v) is 11.1. The number of nitrogens with one attached hydrogen (secondary N) is 1. The second-order valence-corrected chi connectivity index (χ2v) is 14.3. The Kier molecular flexibility index (Phi) is 7.43. The third kappa shape index (κ3) is 5.13. The first-order valence-electron chi connectivity index (χ1n) is 12.5. The predicted molar refractivity (Wildman–Crippen MR) is 163 cm³/mol. The average molecular weight is 686 g/mol. The first kappa shape index (κ1) is 28.6. The van der Waals surface area contributed by atoms with E-state index in [0.717, 1.165) is 33.1 Å². The molecule has 10 nitrogen and oxygen atoms in total. The smallest absolute Gasteiger partial charge is 0.308 e. The van der Waals surface area contributed by atoms with Gasteiger partial charge in [-0.3, -0.25) is 23.7 Å². The minimum Gasteiger partial charge on any atom is -0.325 e. The van der Waals surface area contributed by atoms with Crippen LogP contribution in [-0.4, -0.2) is 36.0 Å². The minimum absolute atomic E-state index is 0.102. The van der Waals surface area contributed by atoms with Crippen LogP contribution < -0.4 is 20.2 Å². The van der Waals surface area contributed by atoms with Crippen molar-refractivity contribution in [3.63, 3.8) is 0 Å². The summed E-state index contributed by atoms with van der Waals surface area (Å²) in [6, 6.07) is 21.5. The van der Waals surface area contributed by atoms with Crippen molar-refractivity contribution in [1.29, 1.82) is 0 Å². The van der Waals surface area contributed by atoms with E-state index in [9.17, 15) is 27.6 Å². The second-order valence-electron chi connectivity index (χ2n) is 9.68. The van der Waals surface area contributed by atoms with Crippen molar-refractivity contribution in [2.75, 3.05) is 10.2 Å². The number of carbonyl (C=O) groups is 3. The number of rotatable bonds is 6. The average Bonchev–Trinajstić information content (AvgIpc) is 3.40. The predicted octanol–water partition coefficient (Wildman–Crippen LogP) is 3.75. The van der Waals surface area contributed by atoms with Crippen LogP contribution >= 0.6 is 39.0 Å². The molecule has 6 rings (SSSR count). The highest BCUT2D eigenvalue weighted by Crippen LogP contribution is 2.53. The molecule has 3 amide bonds. The van der Waals surface area contributed by atoms with Gasteiger partial charge in [0, 0.05) is 21.0 Å². The summed E-state index contributed by atoms with van der Waals surface area (Å²) < 4.78 is 25.2. The summed E-state index contributed by atoms with van der Waals surface area (Å²) in [4.78, 5) is 55.2. The van der Waals surface area contributed by atoms with Crippen molar-refractivity contribution in [3.05, 3.63) is 103 Å². The molecule has 0 spiro atoms. The van der Waals surface area contributed by atoms with Gasteiger partial charge in [-0.15, -0.1) is 0 Å². The summed E-state index contributed by atoms with van der Waals surface area (Å²) in [5, 5.41) is 7.46. The van der Waals surface area contributed by atoms with Gasteiger partial charge in [0.25, 0.3) is 0 Å². The number of hydrogen-bond donors (Lipinski definition) is 2. The Labute approximate surface area is 256 Å². The molecular formula is C28H21BrN4O6S3. The van der Waals surface area contributed by atoms with Crippen LogP contribution in [0.25, 0.3) is 0 Å². The molecule has 3 heterocycles. The molecule has 3 atom stereocenters. The Morgan fingerprint density at radius 3 is 2.24 bits per heavy atom. The molecule has 3 aromatic carbocycles. The van der Waals surface area contributed by atoms with E-state index in [4.69, 9.17) is 5.14 Å². The lowest BCUT2D eigenvalue weighted by Gasteiger charge is -2.30. The quantitative estimate of drug-likeness (QED) is 0.294. The topological polar surface area (TPSA) is 149 Å². The first-order valence-corrected chi connectivity index (χ1v) is 16.6. The Hall–Kier alpha value is -3.56. The van der Waals surface area contributed by atoms with Gasteiger partial charge in [-0.1, -0.05) is 69.4 Å². The summed E-state index contributed by atoms with van der Waals surface area (Å²) >= 11 is 5.47. The number of anilines is 2. The van der Waals surface area contributed by atoms with E-state index in [2.05, 4.69) is 21.2 Å². The number of nitrogens with two attached hydrogens (primary N) is 1. The normalized spacial score (nSPS) is 19.9. The highest BCUT2D eigenvalue weighted by atomic mass is 79.9. The van der Waals surface area contributed by atoms with Crippen LogP contribution in [-0.2, 0) is 31.0 Å². The second kappa shape index (κ2) is 10.9. The molecule has 0 saturated carbocycles. The molecule has 2 aliphatic rings. The number of thioether (sulfide) groups is 1. The SMILES string of the molecule is NS(=O)(=O)c1ccc(NC(=O)Cn2c3c(sc2=O)[C@@H](c2ccccc2)[C@@H]2C(=O)N(c4ccc(Br)cc4)C(=O)[C@@H]2S3)cc1. The van der Waals surface area contributed by atoms with Gasteiger partial charge in [0.1, 0.15) is 11.8 Å². The molecule has 2 aliphatic heterocycles. The summed E-state index contributed by atoms with van der Waals surface area (Å²) in [6.45, 7) is -0.341. The fourth-order valence-corrected chi connectivity index (χ4v) is 8.74. The number of fused-ring (bicyclic) bond motifs is 2. The van der Waals surface area contributed by atoms with E-state index in [1.807, 2.05) is 30.3 Å². The standard InChI is InChI=1S/C28H21BrN4O6S3/c29-16-6-10-18(11-7-16)33-25(35)22-21(15-4-2-1-3-5-15)24-27(40-23(22)26(33)36)32(28(37)41-24)14-20(34)31-17-8-12-19(13-9-17)42(30,38)39/h1-13,21-23H,14H2,(H,31,34)(H2,30,38,39)/t21-,22-,23+/m0/s1. The molecule has 0 radical (unpaired) electrons. The monoisotopic (exact) mass is 684 g/mol. The van der Waals surface area contributed by atoms with Crippen molar-refractivity contribution in [2.24, 2.45) is 11.1 Å². The number of halogens is 1. The maximum atomic E-state index is 13.9. The highest BCUT2D eigenvalue weighted by Gasteiger charge is 2.56. The molecule has 0 bridgehead atoms. The van der Waals surface area contributed by atoms with Gasteiger partial charge < -0.3 is 5.32 Å². The summed E-state index contributed by atoms with van der Waals surface area (Å²) in [7, 11) is -3.89. The molecule has 3 N–H and O–H groups in total. The summed E-state index contributed by atoms with van der Waals surface area (Å²) in [5.74, 6) is -2.54. The first-order chi connectivity index (χ1) is 20.0. The van der Waals surface area contributed by atoms with E-state index < -0.39 is 37.9 Å². The van der Waals surface area contributed by atoms with Crippen LogP contribution in [0.2, 0.25) is 0 Å². The van der Waals surface area contributed by atoms with Gasteiger partial charge in [-0.25, -0.2) is 18.5 Å². The Balaban J connectivity index is 1.35. The lowest BCUT2D eigenvalue weighted by atomic mass is 9.83. The van der Waals surface area contributed by atoms with E-state index in [0.29, 0.717) is 21.3 Å². The lowest BCUT2D eigenvalue weighted by Crippen LogP contribution is -2.33. The Bertz CT molecular complexity index is 1890. The van der Waals surface area contributed by atoms with Crippen molar-refractivity contribution >= 4 is 78.1 Å². The molecule has 214 valence electrons. The molecule has 42 heavy (non-hydrogen) atoms. The number of primary sulfonamides is 1. The molecule has 4 aromatic rings. The summed E-state index contributed by atoms with van der Waals surface area (Å²) in [5.41, 5.74) is 1.57. The van der Waals surface area contributed by atoms with Gasteiger partial charge in [0.2, 0.25) is 27.7 Å².